The summed E-state index contributed by atoms with van der Waals surface area (Å²) in [6, 6.07) is 60.8. The zero-order valence-electron chi connectivity index (χ0n) is 40.6. The van der Waals surface area contributed by atoms with Crippen LogP contribution in [0.25, 0.3) is 61.2 Å². The van der Waals surface area contributed by atoms with E-state index < -0.39 is 0 Å². The largest absolute Gasteiger partial charge is 0.310 e. The van der Waals surface area contributed by atoms with Gasteiger partial charge in [0.1, 0.15) is 0 Å². The second kappa shape index (κ2) is 15.3. The molecule has 0 atom stereocenters. The highest BCUT2D eigenvalue weighted by molar-refractivity contribution is 7.40. The fourth-order valence-electron chi connectivity index (χ4n) is 10.7. The Labute approximate surface area is 422 Å². The third-order valence-electron chi connectivity index (χ3n) is 14.5. The van der Waals surface area contributed by atoms with Gasteiger partial charge in [-0.3, -0.25) is 0 Å². The fourth-order valence-corrected chi connectivity index (χ4v) is 15.5. The predicted molar refractivity (Wildman–Crippen MR) is 309 cm³/mol. The molecule has 2 nitrogen and oxygen atoms in total. The molecule has 6 heterocycles. The van der Waals surface area contributed by atoms with Crippen LogP contribution in [0, 0.1) is 0 Å². The number of anilines is 6. The maximum atomic E-state index is 2.67. The van der Waals surface area contributed by atoms with Crippen LogP contribution in [0.1, 0.15) is 79.0 Å². The number of benzene rings is 7. The third kappa shape index (κ3) is 6.90. The van der Waals surface area contributed by atoms with Crippen LogP contribution in [0.4, 0.5) is 34.1 Å². The lowest BCUT2D eigenvalue weighted by molar-refractivity contribution is 0.590. The van der Waals surface area contributed by atoms with Gasteiger partial charge in [0.15, 0.2) is 0 Å². The fraction of sp³-hybridized carbons (Fsp3) is 0.194. The molecule has 7 heteroatoms. The number of nitrogens with zero attached hydrogens (tertiary/aromatic N) is 2. The molecule has 69 heavy (non-hydrogen) atoms. The highest BCUT2D eigenvalue weighted by Crippen LogP contribution is 2.53. The molecule has 0 unspecified atom stereocenters. The van der Waals surface area contributed by atoms with Crippen molar-refractivity contribution in [2.24, 2.45) is 0 Å². The van der Waals surface area contributed by atoms with Crippen LogP contribution < -0.4 is 24.8 Å². The molecule has 13 rings (SSSR count). The molecule has 0 aliphatic carbocycles. The molecular weight excluding hydrogens is 912 g/mol. The van der Waals surface area contributed by atoms with Crippen molar-refractivity contribution < 1.29 is 0 Å². The lowest BCUT2D eigenvalue weighted by Crippen LogP contribution is -2.59. The first-order chi connectivity index (χ1) is 33.1. The molecule has 7 aromatic carbocycles. The van der Waals surface area contributed by atoms with Crippen LogP contribution in [0.5, 0.6) is 0 Å². The third-order valence-corrected chi connectivity index (χ3v) is 19.3. The number of hydrogen-bond donors (Lipinski definition) is 0. The second-order valence-corrected chi connectivity index (χ2v) is 26.6. The molecular formula is C62H53BN2S4. The number of hydrogen-bond acceptors (Lipinski definition) is 6. The van der Waals surface area contributed by atoms with E-state index in [9.17, 15) is 0 Å². The Morgan fingerprint density at radius 1 is 0.377 bits per heavy atom. The van der Waals surface area contributed by atoms with Crippen LogP contribution >= 0.6 is 45.3 Å². The van der Waals surface area contributed by atoms with Gasteiger partial charge >= 0.3 is 0 Å². The minimum Gasteiger partial charge on any atom is -0.310 e. The summed E-state index contributed by atoms with van der Waals surface area (Å²) < 4.78 is 8.14. The molecule has 11 aromatic rings. The van der Waals surface area contributed by atoms with Crippen LogP contribution in [0.15, 0.2) is 158 Å². The van der Waals surface area contributed by atoms with Crippen molar-refractivity contribution in [3.63, 3.8) is 0 Å². The zero-order chi connectivity index (χ0) is 47.3. The molecule has 0 N–H and O–H groups in total. The van der Waals surface area contributed by atoms with Gasteiger partial charge in [0.2, 0.25) is 0 Å². The van der Waals surface area contributed by atoms with E-state index in [4.69, 9.17) is 0 Å². The van der Waals surface area contributed by atoms with Gasteiger partial charge in [0.25, 0.3) is 6.71 Å². The molecule has 0 fully saturated rings. The summed E-state index contributed by atoms with van der Waals surface area (Å²) in [7, 11) is 0. The standard InChI is InChI=1S/C62H53BN2S4/c1-60(2,3)40-24-26-51-45(32-40)56-58(68-51)63-55-47(64(56)43-20-14-18-36(28-43)53-30-38-16-10-12-22-49(38)66-53)34-42(62(7,8)9)35-48(55)65(57-46-33-41(61(4,5)6)25-27-52(46)69-59(57)63)44-21-15-19-37(29-44)54-31-39-17-11-13-23-50(39)67-54/h10-35H,1-9H3. The van der Waals surface area contributed by atoms with E-state index in [1.807, 2.05) is 45.3 Å². The van der Waals surface area contributed by atoms with Crippen LogP contribution in [-0.2, 0) is 16.2 Å². The molecule has 4 aromatic heterocycles. The molecule has 338 valence electrons. The first kappa shape index (κ1) is 43.1. The van der Waals surface area contributed by atoms with E-state index in [2.05, 4.69) is 230 Å². The zero-order valence-corrected chi connectivity index (χ0v) is 43.9. The van der Waals surface area contributed by atoms with Gasteiger partial charge in [-0.2, -0.15) is 0 Å². The Balaban J connectivity index is 1.14. The van der Waals surface area contributed by atoms with Crippen LogP contribution in [-0.4, -0.2) is 6.71 Å². The van der Waals surface area contributed by atoms with Crippen molar-refractivity contribution in [3.05, 3.63) is 174 Å². The topological polar surface area (TPSA) is 6.48 Å². The van der Waals surface area contributed by atoms with Crippen molar-refractivity contribution in [2.45, 2.75) is 78.6 Å². The van der Waals surface area contributed by atoms with Gasteiger partial charge in [-0.05, 0) is 145 Å². The minimum absolute atomic E-state index is 0.00674. The van der Waals surface area contributed by atoms with E-state index in [1.165, 1.54) is 127 Å². The molecule has 0 bridgehead atoms. The Morgan fingerprint density at radius 3 is 1.23 bits per heavy atom. The Morgan fingerprint density at radius 2 is 0.812 bits per heavy atom. The Hall–Kier alpha value is -5.96. The summed E-state index contributed by atoms with van der Waals surface area (Å²) in [6.07, 6.45) is 0. The first-order valence-corrected chi connectivity index (χ1v) is 27.4. The van der Waals surface area contributed by atoms with Crippen molar-refractivity contribution in [1.82, 2.24) is 0 Å². The van der Waals surface area contributed by atoms with E-state index in [1.54, 1.807) is 0 Å². The normalized spacial score (nSPS) is 13.8. The predicted octanol–water partition coefficient (Wildman–Crippen LogP) is 17.9. The SMILES string of the molecule is CC(C)(C)c1cc2c3c(c1)N(c1cccc(-c4cc5ccccc5s4)c1)c1c(sc4ccc(C(C)(C)C)cc14)B3c1sc3ccc(C(C)(C)C)cc3c1N2c1cccc(-c2cc3ccccc3s2)c1. The summed E-state index contributed by atoms with van der Waals surface area (Å²) in [6.45, 7) is 21.3. The molecule has 0 radical (unpaired) electrons. The van der Waals surface area contributed by atoms with Crippen molar-refractivity contribution in [2.75, 3.05) is 9.80 Å². The molecule has 2 aliphatic heterocycles. The van der Waals surface area contributed by atoms with E-state index in [0.717, 1.165) is 0 Å². The molecule has 0 saturated heterocycles. The summed E-state index contributed by atoms with van der Waals surface area (Å²) in [5.74, 6) is 0. The van der Waals surface area contributed by atoms with Gasteiger partial charge in [-0.25, -0.2) is 0 Å². The maximum absolute atomic E-state index is 2.67. The second-order valence-electron chi connectivity index (χ2n) is 22.2. The van der Waals surface area contributed by atoms with Gasteiger partial charge in [-0.15, -0.1) is 45.3 Å². The van der Waals surface area contributed by atoms with Crippen molar-refractivity contribution in [1.29, 1.82) is 0 Å². The average Bonchev–Trinajstić information content (AvgIpc) is 4.13. The van der Waals surface area contributed by atoms with Crippen LogP contribution in [0.3, 0.4) is 0 Å². The highest BCUT2D eigenvalue weighted by atomic mass is 32.1. The van der Waals surface area contributed by atoms with Crippen LogP contribution in [0.2, 0.25) is 0 Å². The lowest BCUT2D eigenvalue weighted by atomic mass is 9.39. The number of rotatable bonds is 4. The molecule has 2 aliphatic rings. The molecule has 0 amide bonds. The average molecular weight is 965 g/mol. The first-order valence-electron chi connectivity index (χ1n) is 24.2. The lowest BCUT2D eigenvalue weighted by Gasteiger charge is -2.43. The summed E-state index contributed by atoms with van der Waals surface area (Å²) in [4.78, 5) is 7.92. The van der Waals surface area contributed by atoms with Crippen molar-refractivity contribution in [3.8, 4) is 20.9 Å². The summed E-state index contributed by atoms with van der Waals surface area (Å²) >= 11 is 7.76. The Kier molecular flexibility index (Phi) is 9.54. The van der Waals surface area contributed by atoms with E-state index >= 15 is 0 Å². The minimum atomic E-state index is -0.136. The number of fused-ring (bicyclic) bond motifs is 10. The molecule has 0 spiro atoms. The smallest absolute Gasteiger partial charge is 0.277 e. The van der Waals surface area contributed by atoms with Gasteiger partial charge < -0.3 is 9.80 Å². The van der Waals surface area contributed by atoms with Gasteiger partial charge in [0.05, 0.1) is 11.4 Å². The van der Waals surface area contributed by atoms with Crippen molar-refractivity contribution >= 4 is 142 Å². The monoisotopic (exact) mass is 964 g/mol. The summed E-state index contributed by atoms with van der Waals surface area (Å²) in [5, 5.41) is 5.25. The Bertz CT molecular complexity index is 3590. The van der Waals surface area contributed by atoms with E-state index in [-0.39, 0.29) is 23.0 Å². The highest BCUT2D eigenvalue weighted by Gasteiger charge is 2.48. The maximum Gasteiger partial charge on any atom is 0.277 e. The van der Waals surface area contributed by atoms with E-state index in [0.29, 0.717) is 0 Å². The summed E-state index contributed by atoms with van der Waals surface area (Å²) in [5.41, 5.74) is 15.3. The quantitative estimate of drug-likeness (QED) is 0.162. The van der Waals surface area contributed by atoms with Gasteiger partial charge in [0, 0.05) is 71.6 Å². The van der Waals surface area contributed by atoms with Gasteiger partial charge in [-0.1, -0.05) is 135 Å². The number of thiophene rings is 4. The molecule has 0 saturated carbocycles.